The number of benzene rings is 2. The highest BCUT2D eigenvalue weighted by Crippen LogP contribution is 2.36. The third kappa shape index (κ3) is 3.82. The van der Waals surface area contributed by atoms with Gasteiger partial charge < -0.3 is 14.7 Å². The van der Waals surface area contributed by atoms with Crippen molar-refractivity contribution in [3.05, 3.63) is 60.2 Å². The second kappa shape index (κ2) is 7.38. The van der Waals surface area contributed by atoms with Crippen molar-refractivity contribution in [3.8, 4) is 5.75 Å². The number of carbonyl (C=O) groups excluding carboxylic acids is 1. The summed E-state index contributed by atoms with van der Waals surface area (Å²) in [6.45, 7) is 0.483. The minimum Gasteiger partial charge on any atom is -0.489 e. The number of carboxylic acid groups (broad SMARTS) is 1. The van der Waals surface area contributed by atoms with Gasteiger partial charge in [0.25, 0.3) is 0 Å². The van der Waals surface area contributed by atoms with E-state index in [-0.39, 0.29) is 5.91 Å². The first-order valence-corrected chi connectivity index (χ1v) is 8.33. The van der Waals surface area contributed by atoms with Crippen LogP contribution in [0.4, 0.5) is 5.69 Å². The van der Waals surface area contributed by atoms with Gasteiger partial charge in [-0.3, -0.25) is 9.59 Å². The Bertz CT molecular complexity index is 742. The molecule has 0 aliphatic heterocycles. The normalized spacial score (nSPS) is 18.9. The van der Waals surface area contributed by atoms with Gasteiger partial charge in [-0.25, -0.2) is 0 Å². The lowest BCUT2D eigenvalue weighted by atomic mass is 9.73. The lowest BCUT2D eigenvalue weighted by Gasteiger charge is -2.35. The lowest BCUT2D eigenvalue weighted by molar-refractivity contribution is -0.151. The maximum Gasteiger partial charge on any atom is 0.307 e. The van der Waals surface area contributed by atoms with Crippen molar-refractivity contribution in [1.82, 2.24) is 0 Å². The maximum atomic E-state index is 12.5. The molecule has 5 nitrogen and oxygen atoms in total. The van der Waals surface area contributed by atoms with Crippen LogP contribution in [0.5, 0.6) is 5.75 Å². The summed E-state index contributed by atoms with van der Waals surface area (Å²) in [5.74, 6) is -1.28. The van der Waals surface area contributed by atoms with E-state index in [0.29, 0.717) is 19.4 Å². The smallest absolute Gasteiger partial charge is 0.307 e. The Morgan fingerprint density at radius 1 is 1.04 bits per heavy atom. The van der Waals surface area contributed by atoms with E-state index in [9.17, 15) is 9.59 Å². The minimum absolute atomic E-state index is 0.142. The Morgan fingerprint density at radius 3 is 2.24 bits per heavy atom. The van der Waals surface area contributed by atoms with Crippen LogP contribution in [-0.4, -0.2) is 24.0 Å². The van der Waals surface area contributed by atoms with Gasteiger partial charge in [0.05, 0.1) is 11.8 Å². The van der Waals surface area contributed by atoms with Gasteiger partial charge in [0.2, 0.25) is 5.91 Å². The number of nitrogens with zero attached hydrogens (tertiary/aromatic N) is 1. The number of ether oxygens (including phenoxy) is 1. The summed E-state index contributed by atoms with van der Waals surface area (Å²) in [6.07, 6.45) is 1.21. The number of carbonyl (C=O) groups is 2. The van der Waals surface area contributed by atoms with E-state index in [4.69, 9.17) is 9.84 Å². The summed E-state index contributed by atoms with van der Waals surface area (Å²) in [7, 11) is 1.68. The molecule has 1 N–H and O–H groups in total. The van der Waals surface area contributed by atoms with E-state index < -0.39 is 17.8 Å². The van der Waals surface area contributed by atoms with Crippen molar-refractivity contribution >= 4 is 17.6 Å². The zero-order valence-electron chi connectivity index (χ0n) is 14.1. The molecule has 2 aromatic rings. The van der Waals surface area contributed by atoms with E-state index in [1.807, 2.05) is 54.6 Å². The van der Waals surface area contributed by atoms with Crippen molar-refractivity contribution in [2.75, 3.05) is 11.9 Å². The van der Waals surface area contributed by atoms with Crippen molar-refractivity contribution in [3.63, 3.8) is 0 Å². The summed E-state index contributed by atoms with van der Waals surface area (Å²) in [4.78, 5) is 25.1. The Morgan fingerprint density at radius 2 is 1.68 bits per heavy atom. The van der Waals surface area contributed by atoms with Gasteiger partial charge in [-0.2, -0.15) is 0 Å². The zero-order valence-corrected chi connectivity index (χ0v) is 14.1. The number of rotatable bonds is 6. The molecule has 2 atom stereocenters. The number of carboxylic acids is 1. The highest BCUT2D eigenvalue weighted by atomic mass is 16.5. The monoisotopic (exact) mass is 339 g/mol. The molecule has 130 valence electrons. The van der Waals surface area contributed by atoms with Gasteiger partial charge in [-0.15, -0.1) is 0 Å². The molecule has 0 unspecified atom stereocenters. The van der Waals surface area contributed by atoms with Gasteiger partial charge in [0.15, 0.2) is 0 Å². The van der Waals surface area contributed by atoms with Crippen LogP contribution in [0, 0.1) is 11.8 Å². The predicted octanol–water partition coefficient (Wildman–Crippen LogP) is 3.34. The molecule has 3 rings (SSSR count). The topological polar surface area (TPSA) is 66.8 Å². The van der Waals surface area contributed by atoms with Crippen LogP contribution in [0.15, 0.2) is 54.6 Å². The maximum absolute atomic E-state index is 12.5. The Balaban J connectivity index is 1.59. The number of hydrogen-bond acceptors (Lipinski definition) is 3. The van der Waals surface area contributed by atoms with Crippen LogP contribution in [-0.2, 0) is 16.2 Å². The quantitative estimate of drug-likeness (QED) is 0.876. The van der Waals surface area contributed by atoms with Crippen LogP contribution in [0.25, 0.3) is 0 Å². The molecule has 0 spiro atoms. The lowest BCUT2D eigenvalue weighted by Crippen LogP contribution is -2.44. The molecule has 0 radical (unpaired) electrons. The third-order valence-electron chi connectivity index (χ3n) is 4.71. The highest BCUT2D eigenvalue weighted by Gasteiger charge is 2.42. The van der Waals surface area contributed by atoms with Crippen LogP contribution in [0.3, 0.4) is 0 Å². The van der Waals surface area contributed by atoms with E-state index in [0.717, 1.165) is 17.0 Å². The second-order valence-corrected chi connectivity index (χ2v) is 6.29. The molecule has 1 amide bonds. The second-order valence-electron chi connectivity index (χ2n) is 6.29. The fourth-order valence-corrected chi connectivity index (χ4v) is 2.97. The van der Waals surface area contributed by atoms with Crippen molar-refractivity contribution in [2.24, 2.45) is 11.8 Å². The molecule has 0 aromatic heterocycles. The van der Waals surface area contributed by atoms with Crippen molar-refractivity contribution in [2.45, 2.75) is 19.4 Å². The van der Waals surface area contributed by atoms with Gasteiger partial charge in [0.1, 0.15) is 12.4 Å². The Labute approximate surface area is 146 Å². The molecule has 1 aliphatic rings. The first kappa shape index (κ1) is 17.0. The zero-order chi connectivity index (χ0) is 17.8. The molecule has 0 heterocycles. The minimum atomic E-state index is -0.886. The largest absolute Gasteiger partial charge is 0.489 e. The third-order valence-corrected chi connectivity index (χ3v) is 4.71. The first-order valence-electron chi connectivity index (χ1n) is 8.33. The first-order chi connectivity index (χ1) is 12.1. The van der Waals surface area contributed by atoms with E-state index in [1.54, 1.807) is 7.05 Å². The molecular formula is C20H21NO4. The Hall–Kier alpha value is -2.82. The van der Waals surface area contributed by atoms with Gasteiger partial charge in [-0.05, 0) is 42.7 Å². The predicted molar refractivity (Wildman–Crippen MR) is 94.5 cm³/mol. The van der Waals surface area contributed by atoms with Crippen LogP contribution in [0.1, 0.15) is 18.4 Å². The van der Waals surface area contributed by atoms with Crippen LogP contribution < -0.4 is 9.64 Å². The van der Waals surface area contributed by atoms with Crippen LogP contribution >= 0.6 is 0 Å². The summed E-state index contributed by atoms with van der Waals surface area (Å²) in [5.41, 5.74) is 1.82. The SMILES string of the molecule is CN(C(=O)[C@@H]1CC[C@@H]1C(=O)O)c1ccc(OCc2ccccc2)cc1. The molecule has 25 heavy (non-hydrogen) atoms. The van der Waals surface area contributed by atoms with Crippen molar-refractivity contribution in [1.29, 1.82) is 0 Å². The van der Waals surface area contributed by atoms with Gasteiger partial charge in [0, 0.05) is 12.7 Å². The molecule has 1 saturated carbocycles. The van der Waals surface area contributed by atoms with E-state index in [1.165, 1.54) is 4.90 Å². The molecule has 2 aromatic carbocycles. The number of hydrogen-bond donors (Lipinski definition) is 1. The number of aliphatic carboxylic acids is 1. The summed E-state index contributed by atoms with van der Waals surface area (Å²) < 4.78 is 5.73. The summed E-state index contributed by atoms with van der Waals surface area (Å²) in [5, 5.41) is 9.11. The summed E-state index contributed by atoms with van der Waals surface area (Å²) >= 11 is 0. The average Bonchev–Trinajstić information content (AvgIpc) is 2.59. The Kier molecular flexibility index (Phi) is 5.03. The van der Waals surface area contributed by atoms with E-state index in [2.05, 4.69) is 0 Å². The molecular weight excluding hydrogens is 318 g/mol. The molecule has 0 bridgehead atoms. The average molecular weight is 339 g/mol. The summed E-state index contributed by atoms with van der Waals surface area (Å²) in [6, 6.07) is 17.1. The molecule has 1 aliphatic carbocycles. The molecule has 1 fully saturated rings. The standard InChI is InChI=1S/C20H21NO4/c1-21(19(22)17-11-12-18(17)20(23)24)15-7-9-16(10-8-15)25-13-14-5-3-2-4-6-14/h2-10,17-18H,11-13H2,1H3,(H,23,24)/t17-,18+/m1/s1. The molecule has 5 heteroatoms. The number of amides is 1. The fourth-order valence-electron chi connectivity index (χ4n) is 2.97. The number of anilines is 1. The fraction of sp³-hybridized carbons (Fsp3) is 0.300. The van der Waals surface area contributed by atoms with Crippen molar-refractivity contribution < 1.29 is 19.4 Å². The van der Waals surface area contributed by atoms with E-state index >= 15 is 0 Å². The molecule has 0 saturated heterocycles. The van der Waals surface area contributed by atoms with Crippen LogP contribution in [0.2, 0.25) is 0 Å². The van der Waals surface area contributed by atoms with Gasteiger partial charge in [-0.1, -0.05) is 30.3 Å². The van der Waals surface area contributed by atoms with Gasteiger partial charge >= 0.3 is 5.97 Å². The highest BCUT2D eigenvalue weighted by molar-refractivity contribution is 5.97.